The molecule has 4 aliphatic carbocycles. The summed E-state index contributed by atoms with van der Waals surface area (Å²) in [6.07, 6.45) is 8.94. The Morgan fingerprint density at radius 1 is 1.12 bits per heavy atom. The molecule has 138 valence electrons. The van der Waals surface area contributed by atoms with E-state index in [0.29, 0.717) is 12.2 Å². The molecule has 2 nitrogen and oxygen atoms in total. The first-order valence-electron chi connectivity index (χ1n) is 10.2. The smallest absolute Gasteiger partial charge is 0.145 e. The summed E-state index contributed by atoms with van der Waals surface area (Å²) in [6, 6.07) is 6.06. The normalized spacial score (nSPS) is 36.6. The fourth-order valence-electron chi connectivity index (χ4n) is 6.85. The quantitative estimate of drug-likeness (QED) is 0.677. The first-order chi connectivity index (χ1) is 12.3. The number of aliphatic imine (C=N–C) groups is 1. The third-order valence-electron chi connectivity index (χ3n) is 7.40. The first-order valence-corrected chi connectivity index (χ1v) is 10.6. The lowest BCUT2D eigenvalue weighted by Crippen LogP contribution is -2.50. The van der Waals surface area contributed by atoms with Crippen molar-refractivity contribution in [2.75, 3.05) is 0 Å². The van der Waals surface area contributed by atoms with Gasteiger partial charge in [-0.05, 0) is 99.8 Å². The lowest BCUT2D eigenvalue weighted by atomic mass is 9.48. The van der Waals surface area contributed by atoms with Gasteiger partial charge < -0.3 is 0 Å². The Hall–Kier alpha value is -1.15. The number of ketones is 1. The van der Waals surface area contributed by atoms with Gasteiger partial charge in [-0.1, -0.05) is 17.7 Å². The number of benzene rings is 1. The number of carbonyl (C=O) groups excluding carboxylic acids is 1. The van der Waals surface area contributed by atoms with E-state index >= 15 is 0 Å². The number of hydrogen-bond donors (Lipinski definition) is 0. The standard InChI is InChI=1S/C23H28ClNO/c1-22(2)13-17-8-18(24)3-4-19(17)20(25-22)9-21(26)23-10-14-5-15(11-23)7-16(6-14)12-23/h3-4,8,14-16H,5-7,9-13H2,1-2H3. The number of nitrogens with zero attached hydrogens (tertiary/aromatic N) is 1. The van der Waals surface area contributed by atoms with E-state index < -0.39 is 0 Å². The number of fused-ring (bicyclic) bond motifs is 1. The average molecular weight is 370 g/mol. The van der Waals surface area contributed by atoms with Gasteiger partial charge in [-0.3, -0.25) is 9.79 Å². The predicted octanol–water partition coefficient (Wildman–Crippen LogP) is 5.64. The minimum absolute atomic E-state index is 0.0363. The average Bonchev–Trinajstić information content (AvgIpc) is 2.51. The van der Waals surface area contributed by atoms with Gasteiger partial charge in [0.2, 0.25) is 0 Å². The molecule has 0 amide bonds. The van der Waals surface area contributed by atoms with Crippen molar-refractivity contribution in [2.24, 2.45) is 28.2 Å². The summed E-state index contributed by atoms with van der Waals surface area (Å²) in [5.74, 6) is 2.89. The molecule has 0 spiro atoms. The van der Waals surface area contributed by atoms with E-state index in [-0.39, 0.29) is 11.0 Å². The van der Waals surface area contributed by atoms with Gasteiger partial charge in [-0.2, -0.15) is 0 Å². The molecule has 0 radical (unpaired) electrons. The van der Waals surface area contributed by atoms with Gasteiger partial charge >= 0.3 is 0 Å². The van der Waals surface area contributed by atoms with Crippen LogP contribution in [0, 0.1) is 23.2 Å². The highest BCUT2D eigenvalue weighted by molar-refractivity contribution is 6.30. The molecule has 26 heavy (non-hydrogen) atoms. The Balaban J connectivity index is 1.45. The summed E-state index contributed by atoms with van der Waals surface area (Å²) in [7, 11) is 0. The molecule has 4 saturated carbocycles. The molecule has 0 atom stereocenters. The fourth-order valence-corrected chi connectivity index (χ4v) is 7.04. The molecule has 4 fully saturated rings. The lowest BCUT2D eigenvalue weighted by Gasteiger charge is -2.56. The zero-order valence-corrected chi connectivity index (χ0v) is 16.6. The summed E-state index contributed by atoms with van der Waals surface area (Å²) in [5, 5.41) is 0.771. The van der Waals surface area contributed by atoms with Crippen LogP contribution in [0.3, 0.4) is 0 Å². The lowest BCUT2D eigenvalue weighted by molar-refractivity contribution is -0.142. The molecule has 1 aliphatic heterocycles. The molecule has 0 aromatic heterocycles. The van der Waals surface area contributed by atoms with Crippen LogP contribution in [0.25, 0.3) is 0 Å². The van der Waals surface area contributed by atoms with Crippen molar-refractivity contribution in [1.82, 2.24) is 0 Å². The van der Waals surface area contributed by atoms with Gasteiger partial charge in [0.05, 0.1) is 11.3 Å². The first kappa shape index (κ1) is 17.0. The van der Waals surface area contributed by atoms with E-state index in [2.05, 4.69) is 26.0 Å². The summed E-state index contributed by atoms with van der Waals surface area (Å²) in [6.45, 7) is 4.32. The summed E-state index contributed by atoms with van der Waals surface area (Å²) in [5.41, 5.74) is 3.19. The van der Waals surface area contributed by atoms with Crippen molar-refractivity contribution in [3.63, 3.8) is 0 Å². The van der Waals surface area contributed by atoms with Gasteiger partial charge in [-0.25, -0.2) is 0 Å². The molecule has 6 rings (SSSR count). The third kappa shape index (κ3) is 2.76. The molecule has 0 unspecified atom stereocenters. The number of hydrogen-bond acceptors (Lipinski definition) is 2. The van der Waals surface area contributed by atoms with Crippen LogP contribution in [0.5, 0.6) is 0 Å². The Bertz CT molecular complexity index is 771. The van der Waals surface area contributed by atoms with Crippen molar-refractivity contribution in [3.05, 3.63) is 34.3 Å². The Morgan fingerprint density at radius 3 is 2.35 bits per heavy atom. The Morgan fingerprint density at radius 2 is 1.73 bits per heavy atom. The zero-order chi connectivity index (χ0) is 18.1. The predicted molar refractivity (Wildman–Crippen MR) is 106 cm³/mol. The number of rotatable bonds is 3. The molecule has 0 saturated heterocycles. The summed E-state index contributed by atoms with van der Waals surface area (Å²) in [4.78, 5) is 18.6. The van der Waals surface area contributed by atoms with Gasteiger partial charge in [0.1, 0.15) is 5.78 Å². The molecule has 1 heterocycles. The summed E-state index contributed by atoms with van der Waals surface area (Å²) < 4.78 is 0. The highest BCUT2D eigenvalue weighted by Crippen LogP contribution is 2.60. The zero-order valence-electron chi connectivity index (χ0n) is 15.9. The van der Waals surface area contributed by atoms with Crippen LogP contribution in [-0.2, 0) is 11.2 Å². The van der Waals surface area contributed by atoms with Crippen LogP contribution in [0.4, 0.5) is 0 Å². The topological polar surface area (TPSA) is 29.4 Å². The molecule has 1 aromatic rings. The SMILES string of the molecule is CC1(C)Cc2cc(Cl)ccc2C(CC(=O)C23CC4CC(CC(C4)C2)C3)=N1. The van der Waals surface area contributed by atoms with E-state index in [9.17, 15) is 4.79 Å². The van der Waals surface area contributed by atoms with Gasteiger partial charge in [0.25, 0.3) is 0 Å². The molecular weight excluding hydrogens is 342 g/mol. The second kappa shape index (κ2) is 5.67. The Kier molecular flexibility index (Phi) is 3.71. The van der Waals surface area contributed by atoms with Crippen molar-refractivity contribution >= 4 is 23.1 Å². The number of Topliss-reactive ketones (excluding diaryl/α,β-unsaturated/α-hetero) is 1. The fraction of sp³-hybridized carbons (Fsp3) is 0.652. The highest BCUT2D eigenvalue weighted by atomic mass is 35.5. The Labute approximate surface area is 161 Å². The van der Waals surface area contributed by atoms with Crippen LogP contribution in [-0.4, -0.2) is 17.0 Å². The summed E-state index contributed by atoms with van der Waals surface area (Å²) >= 11 is 6.23. The highest BCUT2D eigenvalue weighted by Gasteiger charge is 2.54. The largest absolute Gasteiger partial charge is 0.299 e. The molecule has 4 bridgehead atoms. The molecule has 1 aromatic carbocycles. The van der Waals surface area contributed by atoms with E-state index in [1.54, 1.807) is 0 Å². The van der Waals surface area contributed by atoms with Crippen LogP contribution < -0.4 is 0 Å². The molecule has 0 N–H and O–H groups in total. The number of carbonyl (C=O) groups is 1. The monoisotopic (exact) mass is 369 g/mol. The molecular formula is C23H28ClNO. The second-order valence-electron chi connectivity index (χ2n) is 10.1. The van der Waals surface area contributed by atoms with Crippen LogP contribution >= 0.6 is 11.6 Å². The van der Waals surface area contributed by atoms with Gasteiger partial charge in [-0.15, -0.1) is 0 Å². The van der Waals surface area contributed by atoms with Crippen molar-refractivity contribution in [3.8, 4) is 0 Å². The third-order valence-corrected chi connectivity index (χ3v) is 7.63. The van der Waals surface area contributed by atoms with E-state index in [0.717, 1.165) is 59.7 Å². The second-order valence-corrected chi connectivity index (χ2v) is 10.6. The van der Waals surface area contributed by atoms with Gasteiger partial charge in [0, 0.05) is 16.9 Å². The van der Waals surface area contributed by atoms with E-state index in [1.807, 2.05) is 6.07 Å². The molecule has 5 aliphatic rings. The maximum absolute atomic E-state index is 13.5. The number of halogens is 1. The van der Waals surface area contributed by atoms with E-state index in [4.69, 9.17) is 16.6 Å². The van der Waals surface area contributed by atoms with E-state index in [1.165, 1.54) is 24.8 Å². The van der Waals surface area contributed by atoms with Crippen LogP contribution in [0.2, 0.25) is 5.02 Å². The minimum Gasteiger partial charge on any atom is -0.299 e. The van der Waals surface area contributed by atoms with Gasteiger partial charge in [0.15, 0.2) is 0 Å². The van der Waals surface area contributed by atoms with Crippen LogP contribution in [0.15, 0.2) is 23.2 Å². The van der Waals surface area contributed by atoms with Crippen LogP contribution in [0.1, 0.15) is 69.9 Å². The van der Waals surface area contributed by atoms with Crippen molar-refractivity contribution in [2.45, 2.75) is 70.8 Å². The maximum atomic E-state index is 13.5. The maximum Gasteiger partial charge on any atom is 0.145 e. The van der Waals surface area contributed by atoms with Crippen molar-refractivity contribution < 1.29 is 4.79 Å². The minimum atomic E-state index is -0.158. The molecule has 3 heteroatoms. The van der Waals surface area contributed by atoms with Crippen molar-refractivity contribution in [1.29, 1.82) is 0 Å².